The molecule has 0 N–H and O–H groups in total. The number of hydrogen-bond acceptors (Lipinski definition) is 1. The first kappa shape index (κ1) is 6.35. The van der Waals surface area contributed by atoms with E-state index in [0.717, 1.165) is 5.39 Å². The first-order valence-corrected chi connectivity index (χ1v) is 3.59. The molecule has 0 unspecified atom stereocenters. The van der Waals surface area contributed by atoms with Gasteiger partial charge in [0.1, 0.15) is 0 Å². The highest BCUT2D eigenvalue weighted by Crippen LogP contribution is 2.12. The molecule has 0 aliphatic heterocycles. The number of pyridine rings is 1. The molecule has 53 valence electrons. The Morgan fingerprint density at radius 2 is 2.18 bits per heavy atom. The van der Waals surface area contributed by atoms with Crippen LogP contribution in [-0.4, -0.2) is 4.98 Å². The van der Waals surface area contributed by atoms with Crippen LogP contribution in [0.5, 0.6) is 0 Å². The quantitative estimate of drug-likeness (QED) is 0.550. The van der Waals surface area contributed by atoms with Gasteiger partial charge in [-0.2, -0.15) is 0 Å². The lowest BCUT2D eigenvalue weighted by Crippen LogP contribution is -1.76. The number of hydrogen-bond donors (Lipinski definition) is 0. The summed E-state index contributed by atoms with van der Waals surface area (Å²) in [6.07, 6.45) is 4.69. The predicted molar refractivity (Wildman–Crippen MR) is 45.3 cm³/mol. The van der Waals surface area contributed by atoms with Crippen LogP contribution in [0.4, 0.5) is 0 Å². The topological polar surface area (TPSA) is 12.9 Å². The van der Waals surface area contributed by atoms with E-state index in [9.17, 15) is 0 Å². The van der Waals surface area contributed by atoms with Crippen molar-refractivity contribution in [2.75, 3.05) is 0 Å². The summed E-state index contributed by atoms with van der Waals surface area (Å²) in [5, 5.41) is 2.29. The third-order valence-corrected chi connectivity index (χ3v) is 1.72. The van der Waals surface area contributed by atoms with Crippen LogP contribution in [-0.2, 0) is 0 Å². The Balaban J connectivity index is 2.83. The molecule has 1 heteroatoms. The van der Waals surface area contributed by atoms with Crippen molar-refractivity contribution < 1.29 is 0 Å². The highest BCUT2D eigenvalue weighted by atomic mass is 14.6. The second-order valence-electron chi connectivity index (χ2n) is 2.65. The summed E-state index contributed by atoms with van der Waals surface area (Å²) in [5.41, 5.74) is 1.28. The molecule has 0 spiro atoms. The fraction of sp³-hybridized carbons (Fsp3) is 0.100. The van der Waals surface area contributed by atoms with Gasteiger partial charge in [-0.15, -0.1) is 0 Å². The summed E-state index contributed by atoms with van der Waals surface area (Å²) in [4.78, 5) is 3.92. The summed E-state index contributed by atoms with van der Waals surface area (Å²) in [5.74, 6) is 0. The van der Waals surface area contributed by atoms with Crippen LogP contribution in [0.25, 0.3) is 10.8 Å². The van der Waals surface area contributed by atoms with E-state index in [-0.39, 0.29) is 0 Å². The van der Waals surface area contributed by atoms with E-state index in [1.807, 2.05) is 12.1 Å². The lowest BCUT2D eigenvalue weighted by molar-refractivity contribution is 1.34. The molecule has 0 saturated heterocycles. The minimum atomic E-state index is 1.08. The van der Waals surface area contributed by atoms with Crippen molar-refractivity contribution in [1.29, 1.82) is 0 Å². The molecular formula is C10H8N. The van der Waals surface area contributed by atoms with Gasteiger partial charge in [0.15, 0.2) is 0 Å². The van der Waals surface area contributed by atoms with Gasteiger partial charge in [-0.05, 0) is 18.4 Å². The van der Waals surface area contributed by atoms with E-state index < -0.39 is 0 Å². The number of fused-ring (bicyclic) bond motifs is 1. The van der Waals surface area contributed by atoms with E-state index in [0.29, 0.717) is 0 Å². The molecule has 0 aliphatic rings. The van der Waals surface area contributed by atoms with Gasteiger partial charge < -0.3 is 0 Å². The molecule has 1 aromatic heterocycles. The Morgan fingerprint density at radius 3 is 3.09 bits per heavy atom. The number of rotatable bonds is 0. The van der Waals surface area contributed by atoms with Crippen molar-refractivity contribution in [3.8, 4) is 0 Å². The van der Waals surface area contributed by atoms with Crippen LogP contribution in [0.1, 0.15) is 5.56 Å². The van der Waals surface area contributed by atoms with Crippen molar-refractivity contribution in [2.24, 2.45) is 0 Å². The van der Waals surface area contributed by atoms with Crippen LogP contribution in [0, 0.1) is 13.1 Å². The molecule has 0 atom stereocenters. The van der Waals surface area contributed by atoms with Gasteiger partial charge in [-0.25, -0.2) is 0 Å². The van der Waals surface area contributed by atoms with Gasteiger partial charge in [0.05, 0.1) is 6.20 Å². The number of nitrogens with zero attached hydrogens (tertiary/aromatic N) is 1. The Bertz CT molecular complexity index is 379. The maximum Gasteiger partial charge on any atom is 0.0970 e. The number of aromatic nitrogens is 1. The van der Waals surface area contributed by atoms with Gasteiger partial charge in [0.2, 0.25) is 0 Å². The van der Waals surface area contributed by atoms with Crippen LogP contribution in [0.15, 0.2) is 30.5 Å². The second kappa shape index (κ2) is 2.35. The third-order valence-electron chi connectivity index (χ3n) is 1.72. The highest BCUT2D eigenvalue weighted by Gasteiger charge is 1.91. The monoisotopic (exact) mass is 142 g/mol. The van der Waals surface area contributed by atoms with E-state index in [1.54, 1.807) is 6.20 Å². The van der Waals surface area contributed by atoms with E-state index in [4.69, 9.17) is 0 Å². The van der Waals surface area contributed by atoms with Gasteiger partial charge >= 0.3 is 0 Å². The van der Waals surface area contributed by atoms with E-state index in [1.165, 1.54) is 10.9 Å². The average molecular weight is 142 g/mol. The van der Waals surface area contributed by atoms with Crippen molar-refractivity contribution in [2.45, 2.75) is 6.92 Å². The van der Waals surface area contributed by atoms with Gasteiger partial charge in [-0.1, -0.05) is 23.8 Å². The Labute approximate surface area is 65.7 Å². The van der Waals surface area contributed by atoms with Gasteiger partial charge in [0, 0.05) is 11.6 Å². The fourth-order valence-corrected chi connectivity index (χ4v) is 1.15. The SMILES string of the molecule is Cc1ccc2[c]nccc2c1. The predicted octanol–water partition coefficient (Wildman–Crippen LogP) is 2.34. The molecule has 0 amide bonds. The second-order valence-corrected chi connectivity index (χ2v) is 2.65. The van der Waals surface area contributed by atoms with Crippen LogP contribution in [0.3, 0.4) is 0 Å². The Kier molecular flexibility index (Phi) is 1.35. The van der Waals surface area contributed by atoms with E-state index >= 15 is 0 Å². The first-order valence-electron chi connectivity index (χ1n) is 3.59. The molecule has 2 rings (SSSR count). The van der Waals surface area contributed by atoms with Crippen LogP contribution in [0.2, 0.25) is 0 Å². The summed E-state index contributed by atoms with van der Waals surface area (Å²) >= 11 is 0. The van der Waals surface area contributed by atoms with Crippen molar-refractivity contribution in [3.05, 3.63) is 42.2 Å². The minimum Gasteiger partial charge on any atom is -0.254 e. The maximum absolute atomic E-state index is 3.92. The molecule has 1 heterocycles. The van der Waals surface area contributed by atoms with Crippen molar-refractivity contribution >= 4 is 10.8 Å². The maximum atomic E-state index is 3.92. The van der Waals surface area contributed by atoms with Crippen LogP contribution >= 0.6 is 0 Å². The molecule has 2 aromatic rings. The molecule has 0 fully saturated rings. The fourth-order valence-electron chi connectivity index (χ4n) is 1.15. The summed E-state index contributed by atoms with van der Waals surface area (Å²) in [6, 6.07) is 8.24. The normalized spacial score (nSPS) is 10.3. The standard InChI is InChI=1S/C10H8N/c1-8-2-3-10-7-11-5-4-9(10)6-8/h2-6H,1H3. The van der Waals surface area contributed by atoms with Crippen LogP contribution < -0.4 is 0 Å². The summed E-state index contributed by atoms with van der Waals surface area (Å²) in [6.45, 7) is 2.08. The molecule has 0 aliphatic carbocycles. The van der Waals surface area contributed by atoms with Crippen molar-refractivity contribution in [1.82, 2.24) is 4.98 Å². The molecule has 0 saturated carbocycles. The lowest BCUT2D eigenvalue weighted by Gasteiger charge is -1.95. The van der Waals surface area contributed by atoms with Gasteiger partial charge in [-0.3, -0.25) is 4.98 Å². The molecule has 1 aromatic carbocycles. The summed E-state index contributed by atoms with van der Waals surface area (Å²) < 4.78 is 0. The smallest absolute Gasteiger partial charge is 0.0970 e. The number of aryl methyl sites for hydroxylation is 1. The zero-order valence-corrected chi connectivity index (χ0v) is 6.33. The molecule has 0 bridgehead atoms. The zero-order valence-electron chi connectivity index (χ0n) is 6.33. The van der Waals surface area contributed by atoms with Gasteiger partial charge in [0.25, 0.3) is 0 Å². The van der Waals surface area contributed by atoms with Crippen molar-refractivity contribution in [3.63, 3.8) is 0 Å². The molecule has 1 radical (unpaired) electrons. The first-order chi connectivity index (χ1) is 5.36. The largest absolute Gasteiger partial charge is 0.254 e. The molecule has 1 nitrogen and oxygen atoms in total. The highest BCUT2D eigenvalue weighted by molar-refractivity contribution is 5.81. The zero-order chi connectivity index (χ0) is 7.68. The molecular weight excluding hydrogens is 134 g/mol. The van der Waals surface area contributed by atoms with E-state index in [2.05, 4.69) is 30.2 Å². The molecule has 11 heavy (non-hydrogen) atoms. The number of benzene rings is 1. The third kappa shape index (κ3) is 1.09. The Hall–Kier alpha value is -1.37. The average Bonchev–Trinajstić information content (AvgIpc) is 2.04. The lowest BCUT2D eigenvalue weighted by atomic mass is 10.1. The minimum absolute atomic E-state index is 1.08. The summed E-state index contributed by atoms with van der Waals surface area (Å²) in [7, 11) is 0. The Morgan fingerprint density at radius 1 is 1.27 bits per heavy atom.